The molecule has 2 aliphatic rings. The van der Waals surface area contributed by atoms with Crippen molar-refractivity contribution in [3.8, 4) is 0 Å². The maximum absolute atomic E-state index is 6.20. The number of hydrogen-bond acceptors (Lipinski definition) is 2. The fraction of sp³-hybridized carbons (Fsp3) is 0.647. The summed E-state index contributed by atoms with van der Waals surface area (Å²) in [6.45, 7) is 0.885. The molecule has 1 saturated carbocycles. The van der Waals surface area contributed by atoms with E-state index in [1.54, 1.807) is 5.56 Å². The Bertz CT molecular complexity index is 421. The van der Waals surface area contributed by atoms with Gasteiger partial charge in [0.25, 0.3) is 0 Å². The molecule has 2 N–H and O–H groups in total. The van der Waals surface area contributed by atoms with Crippen LogP contribution in [0.3, 0.4) is 0 Å². The van der Waals surface area contributed by atoms with Crippen molar-refractivity contribution >= 4 is 11.8 Å². The highest BCUT2D eigenvalue weighted by atomic mass is 32.2. The molecule has 0 bridgehead atoms. The van der Waals surface area contributed by atoms with Crippen LogP contribution in [0.2, 0.25) is 0 Å². The Labute approximate surface area is 121 Å². The van der Waals surface area contributed by atoms with Gasteiger partial charge in [-0.15, -0.1) is 11.8 Å². The van der Waals surface area contributed by atoms with E-state index in [-0.39, 0.29) is 0 Å². The zero-order chi connectivity index (χ0) is 13.1. The van der Waals surface area contributed by atoms with E-state index in [1.165, 1.54) is 55.6 Å². The second-order valence-corrected chi connectivity index (χ2v) is 7.43. The summed E-state index contributed by atoms with van der Waals surface area (Å²) < 4.78 is 0. The largest absolute Gasteiger partial charge is 0.330 e. The van der Waals surface area contributed by atoms with Gasteiger partial charge in [-0.1, -0.05) is 43.9 Å². The highest BCUT2D eigenvalue weighted by Crippen LogP contribution is 2.48. The second-order valence-electron chi connectivity index (χ2n) is 6.37. The molecule has 1 nitrogen and oxygen atoms in total. The van der Waals surface area contributed by atoms with Gasteiger partial charge in [0.1, 0.15) is 0 Å². The normalized spacial score (nSPS) is 25.8. The lowest BCUT2D eigenvalue weighted by Crippen LogP contribution is -2.32. The summed E-state index contributed by atoms with van der Waals surface area (Å²) >= 11 is 2.04. The second kappa shape index (κ2) is 5.88. The van der Waals surface area contributed by atoms with E-state index in [0.717, 1.165) is 12.5 Å². The minimum atomic E-state index is 0.430. The molecular weight excluding hydrogens is 250 g/mol. The maximum atomic E-state index is 6.20. The quantitative estimate of drug-likeness (QED) is 0.818. The summed E-state index contributed by atoms with van der Waals surface area (Å²) in [5.41, 5.74) is 8.22. The van der Waals surface area contributed by atoms with Gasteiger partial charge in [0.15, 0.2) is 0 Å². The Morgan fingerprint density at radius 1 is 1.11 bits per heavy atom. The van der Waals surface area contributed by atoms with E-state index in [9.17, 15) is 0 Å². The molecule has 1 fully saturated rings. The molecule has 19 heavy (non-hydrogen) atoms. The third-order valence-corrected chi connectivity index (χ3v) is 6.33. The first-order chi connectivity index (χ1) is 9.33. The molecule has 1 aromatic carbocycles. The number of fused-ring (bicyclic) bond motifs is 1. The van der Waals surface area contributed by atoms with Crippen LogP contribution in [0.25, 0.3) is 0 Å². The molecule has 1 unspecified atom stereocenters. The number of hydrogen-bond donors (Lipinski definition) is 1. The van der Waals surface area contributed by atoms with Crippen LogP contribution in [0.15, 0.2) is 29.2 Å². The van der Waals surface area contributed by atoms with Crippen LogP contribution in [0.4, 0.5) is 0 Å². The zero-order valence-corrected chi connectivity index (χ0v) is 12.6. The smallest absolute Gasteiger partial charge is 0.0107 e. The van der Waals surface area contributed by atoms with Crippen molar-refractivity contribution in [1.82, 2.24) is 0 Å². The first-order valence-electron chi connectivity index (χ1n) is 7.75. The van der Waals surface area contributed by atoms with Crippen molar-refractivity contribution in [2.24, 2.45) is 11.1 Å². The molecule has 0 saturated heterocycles. The lowest BCUT2D eigenvalue weighted by molar-refractivity contribution is 0.219. The van der Waals surface area contributed by atoms with E-state index in [2.05, 4.69) is 24.3 Å². The monoisotopic (exact) mass is 275 g/mol. The predicted molar refractivity (Wildman–Crippen MR) is 83.7 cm³/mol. The molecule has 104 valence electrons. The van der Waals surface area contributed by atoms with Gasteiger partial charge in [0.05, 0.1) is 0 Å². The highest BCUT2D eigenvalue weighted by molar-refractivity contribution is 7.99. The van der Waals surface area contributed by atoms with Crippen LogP contribution in [-0.2, 0) is 0 Å². The van der Waals surface area contributed by atoms with Gasteiger partial charge in [0.2, 0.25) is 0 Å². The number of thioether (sulfide) groups is 1. The lowest BCUT2D eigenvalue weighted by Gasteiger charge is -2.34. The Morgan fingerprint density at radius 2 is 1.84 bits per heavy atom. The molecule has 0 spiro atoms. The van der Waals surface area contributed by atoms with Gasteiger partial charge in [0, 0.05) is 10.6 Å². The summed E-state index contributed by atoms with van der Waals surface area (Å²) in [5, 5.41) is 0. The first-order valence-corrected chi connectivity index (χ1v) is 8.73. The number of benzene rings is 1. The molecule has 1 aliphatic carbocycles. The van der Waals surface area contributed by atoms with E-state index in [4.69, 9.17) is 5.73 Å². The fourth-order valence-corrected chi connectivity index (χ4v) is 5.15. The summed E-state index contributed by atoms with van der Waals surface area (Å²) in [7, 11) is 0. The van der Waals surface area contributed by atoms with Crippen molar-refractivity contribution in [2.45, 2.75) is 55.8 Å². The number of rotatable bonds is 3. The molecule has 1 atom stereocenters. The van der Waals surface area contributed by atoms with Crippen molar-refractivity contribution in [3.63, 3.8) is 0 Å². The summed E-state index contributed by atoms with van der Waals surface area (Å²) in [4.78, 5) is 1.51. The minimum absolute atomic E-state index is 0.430. The Balaban J connectivity index is 1.76. The van der Waals surface area contributed by atoms with Crippen LogP contribution in [0, 0.1) is 5.41 Å². The van der Waals surface area contributed by atoms with Crippen molar-refractivity contribution in [3.05, 3.63) is 29.8 Å². The van der Waals surface area contributed by atoms with Crippen LogP contribution >= 0.6 is 11.8 Å². The van der Waals surface area contributed by atoms with E-state index >= 15 is 0 Å². The third-order valence-electron chi connectivity index (χ3n) is 5.08. The molecule has 0 radical (unpaired) electrons. The molecule has 0 aromatic heterocycles. The van der Waals surface area contributed by atoms with E-state index in [0.29, 0.717) is 5.41 Å². The van der Waals surface area contributed by atoms with Crippen LogP contribution in [-0.4, -0.2) is 12.3 Å². The topological polar surface area (TPSA) is 26.0 Å². The Kier molecular flexibility index (Phi) is 4.18. The maximum Gasteiger partial charge on any atom is 0.0107 e. The molecule has 1 heterocycles. The molecule has 1 aromatic rings. The van der Waals surface area contributed by atoms with Crippen LogP contribution in [0.5, 0.6) is 0 Å². The first kappa shape index (κ1) is 13.5. The Morgan fingerprint density at radius 3 is 2.58 bits per heavy atom. The molecular formula is C17H25NS. The van der Waals surface area contributed by atoms with Gasteiger partial charge in [-0.3, -0.25) is 0 Å². The van der Waals surface area contributed by atoms with Gasteiger partial charge in [-0.05, 0) is 48.8 Å². The molecule has 1 aliphatic heterocycles. The highest BCUT2D eigenvalue weighted by Gasteiger charge is 2.35. The molecule has 2 heteroatoms. The predicted octanol–water partition coefficient (Wildman–Crippen LogP) is 4.57. The average molecular weight is 275 g/mol. The van der Waals surface area contributed by atoms with E-state index < -0.39 is 0 Å². The summed E-state index contributed by atoms with van der Waals surface area (Å²) in [5.74, 6) is 2.00. The van der Waals surface area contributed by atoms with Crippen LogP contribution < -0.4 is 5.73 Å². The average Bonchev–Trinajstić information content (AvgIpc) is 2.70. The lowest BCUT2D eigenvalue weighted by atomic mass is 9.72. The van der Waals surface area contributed by atoms with E-state index in [1.807, 2.05) is 11.8 Å². The fourth-order valence-electron chi connectivity index (χ4n) is 3.89. The molecule has 0 amide bonds. The van der Waals surface area contributed by atoms with Gasteiger partial charge >= 0.3 is 0 Å². The standard InChI is InChI=1S/C17H25NS/c18-13-17(9-5-1-2-6-10-17)11-14-12-19-16-8-4-3-7-15(14)16/h3-4,7-8,14H,1-2,5-6,9-13,18H2. The zero-order valence-electron chi connectivity index (χ0n) is 11.7. The van der Waals surface area contributed by atoms with Gasteiger partial charge in [-0.25, -0.2) is 0 Å². The Hall–Kier alpha value is -0.470. The van der Waals surface area contributed by atoms with Crippen molar-refractivity contribution < 1.29 is 0 Å². The number of nitrogens with two attached hydrogens (primary N) is 1. The minimum Gasteiger partial charge on any atom is -0.330 e. The van der Waals surface area contributed by atoms with Gasteiger partial charge in [-0.2, -0.15) is 0 Å². The van der Waals surface area contributed by atoms with Crippen molar-refractivity contribution in [2.75, 3.05) is 12.3 Å². The van der Waals surface area contributed by atoms with Crippen LogP contribution in [0.1, 0.15) is 56.4 Å². The molecule has 3 rings (SSSR count). The SMILES string of the molecule is NCC1(CC2CSc3ccccc32)CCCCCC1. The summed E-state index contributed by atoms with van der Waals surface area (Å²) in [6.07, 6.45) is 9.63. The summed E-state index contributed by atoms with van der Waals surface area (Å²) in [6, 6.07) is 8.97. The third kappa shape index (κ3) is 2.85. The van der Waals surface area contributed by atoms with Gasteiger partial charge < -0.3 is 5.73 Å². The van der Waals surface area contributed by atoms with Crippen molar-refractivity contribution in [1.29, 1.82) is 0 Å².